The monoisotopic (exact) mass is 468 g/mol. The number of tetrazole rings is 1. The summed E-state index contributed by atoms with van der Waals surface area (Å²) in [5, 5.41) is 18.7. The molecule has 1 aliphatic rings. The number of halogens is 3. The minimum atomic E-state index is -0.432. The quantitative estimate of drug-likeness (QED) is 0.575. The summed E-state index contributed by atoms with van der Waals surface area (Å²) in [6.45, 7) is 3.24. The Bertz CT molecular complexity index is 972. The number of aromatic nitrogens is 4. The molecule has 1 fully saturated rings. The van der Waals surface area contributed by atoms with Gasteiger partial charge in [0.2, 0.25) is 0 Å². The number of ether oxygens (including phenoxy) is 1. The lowest BCUT2D eigenvalue weighted by atomic mass is 9.92. The molecule has 0 bridgehead atoms. The highest BCUT2D eigenvalue weighted by molar-refractivity contribution is 5.85. The molecule has 10 heteroatoms. The summed E-state index contributed by atoms with van der Waals surface area (Å²) in [6, 6.07) is 14.1. The van der Waals surface area contributed by atoms with Gasteiger partial charge in [0, 0.05) is 30.3 Å². The Morgan fingerprint density at radius 3 is 2.68 bits per heavy atom. The van der Waals surface area contributed by atoms with E-state index < -0.39 is 5.82 Å². The van der Waals surface area contributed by atoms with Gasteiger partial charge in [0.05, 0.1) is 12.8 Å². The van der Waals surface area contributed by atoms with Crippen LogP contribution in [0.2, 0.25) is 0 Å². The maximum atomic E-state index is 14.7. The van der Waals surface area contributed by atoms with Crippen LogP contribution in [0.1, 0.15) is 35.8 Å². The average molecular weight is 469 g/mol. The first-order chi connectivity index (χ1) is 14.2. The predicted octanol–water partition coefficient (Wildman–Crippen LogP) is 3.54. The molecule has 0 amide bonds. The molecule has 168 valence electrons. The van der Waals surface area contributed by atoms with Gasteiger partial charge in [-0.15, -0.1) is 29.9 Å². The van der Waals surface area contributed by atoms with E-state index in [1.807, 2.05) is 12.1 Å². The molecule has 2 heterocycles. The normalized spacial score (nSPS) is 18.0. The van der Waals surface area contributed by atoms with Crippen molar-refractivity contribution in [1.82, 2.24) is 30.8 Å². The van der Waals surface area contributed by atoms with Crippen molar-refractivity contribution in [1.29, 1.82) is 0 Å². The van der Waals surface area contributed by atoms with Crippen LogP contribution in [0.5, 0.6) is 5.75 Å². The SMILES string of the molecule is COc1c(F)cc(-n2nnnc2C)cc1CN[C@H]1CCCN[C@H]1c1ccccc1.Cl.Cl. The van der Waals surface area contributed by atoms with Crippen LogP contribution in [0.4, 0.5) is 4.39 Å². The van der Waals surface area contributed by atoms with E-state index in [2.05, 4.69) is 50.4 Å². The minimum Gasteiger partial charge on any atom is -0.493 e. The Balaban J connectivity index is 0.00000171. The van der Waals surface area contributed by atoms with E-state index >= 15 is 0 Å². The van der Waals surface area contributed by atoms with Crippen molar-refractivity contribution in [3.05, 3.63) is 65.2 Å². The van der Waals surface area contributed by atoms with Crippen LogP contribution < -0.4 is 15.4 Å². The second-order valence-electron chi connectivity index (χ2n) is 7.23. The van der Waals surface area contributed by atoms with E-state index in [9.17, 15) is 4.39 Å². The summed E-state index contributed by atoms with van der Waals surface area (Å²) >= 11 is 0. The number of hydrogen-bond acceptors (Lipinski definition) is 6. The molecule has 1 aliphatic heterocycles. The number of nitrogens with zero attached hydrogens (tertiary/aromatic N) is 4. The average Bonchev–Trinajstić information content (AvgIpc) is 3.18. The summed E-state index contributed by atoms with van der Waals surface area (Å²) in [6.07, 6.45) is 2.14. The van der Waals surface area contributed by atoms with Gasteiger partial charge >= 0.3 is 0 Å². The van der Waals surface area contributed by atoms with Gasteiger partial charge in [-0.25, -0.2) is 4.39 Å². The number of nitrogens with one attached hydrogen (secondary N) is 2. The second-order valence-corrected chi connectivity index (χ2v) is 7.23. The summed E-state index contributed by atoms with van der Waals surface area (Å²) in [4.78, 5) is 0. The van der Waals surface area contributed by atoms with Crippen molar-refractivity contribution in [2.45, 2.75) is 38.4 Å². The number of methoxy groups -OCH3 is 1. The van der Waals surface area contributed by atoms with E-state index in [-0.39, 0.29) is 42.6 Å². The van der Waals surface area contributed by atoms with Gasteiger partial charge in [-0.3, -0.25) is 0 Å². The number of hydrogen-bond donors (Lipinski definition) is 2. The fourth-order valence-electron chi connectivity index (χ4n) is 3.95. The smallest absolute Gasteiger partial charge is 0.167 e. The Morgan fingerprint density at radius 1 is 1.23 bits per heavy atom. The third kappa shape index (κ3) is 5.51. The highest BCUT2D eigenvalue weighted by atomic mass is 35.5. The molecule has 0 radical (unpaired) electrons. The molecule has 2 N–H and O–H groups in total. The summed E-state index contributed by atoms with van der Waals surface area (Å²) in [5.41, 5.74) is 2.56. The van der Waals surface area contributed by atoms with Gasteiger partial charge in [0.15, 0.2) is 17.4 Å². The summed E-state index contributed by atoms with van der Waals surface area (Å²) in [7, 11) is 1.48. The Labute approximate surface area is 193 Å². The van der Waals surface area contributed by atoms with Crippen LogP contribution in [0, 0.1) is 12.7 Å². The van der Waals surface area contributed by atoms with Crippen molar-refractivity contribution in [3.63, 3.8) is 0 Å². The lowest BCUT2D eigenvalue weighted by molar-refractivity contribution is 0.302. The van der Waals surface area contributed by atoms with Gasteiger partial charge in [-0.05, 0) is 48.4 Å². The van der Waals surface area contributed by atoms with E-state index in [0.29, 0.717) is 18.1 Å². The zero-order valence-electron chi connectivity index (χ0n) is 17.4. The third-order valence-electron chi connectivity index (χ3n) is 5.35. The van der Waals surface area contributed by atoms with Gasteiger partial charge in [-0.1, -0.05) is 30.3 Å². The van der Waals surface area contributed by atoms with Crippen molar-refractivity contribution in [2.24, 2.45) is 0 Å². The molecule has 2 aromatic carbocycles. The van der Waals surface area contributed by atoms with Crippen molar-refractivity contribution >= 4 is 24.8 Å². The molecule has 1 aromatic heterocycles. The standard InChI is InChI=1S/C21H25FN6O.2ClH/c1-14-25-26-27-28(14)17-11-16(21(29-2)18(22)12-17)13-24-19-9-6-10-23-20(19)15-7-4-3-5-8-15;;/h3-5,7-8,11-12,19-20,23-24H,6,9-10,13H2,1-2H3;2*1H/t19-,20-;;/m0../s1. The van der Waals surface area contributed by atoms with E-state index in [0.717, 1.165) is 24.9 Å². The van der Waals surface area contributed by atoms with Crippen LogP contribution in [-0.2, 0) is 6.54 Å². The predicted molar refractivity (Wildman–Crippen MR) is 122 cm³/mol. The Kier molecular flexibility index (Phi) is 9.18. The minimum absolute atomic E-state index is 0. The van der Waals surface area contributed by atoms with Crippen LogP contribution in [0.3, 0.4) is 0 Å². The van der Waals surface area contributed by atoms with Crippen molar-refractivity contribution < 1.29 is 9.13 Å². The van der Waals surface area contributed by atoms with Gasteiger partial charge < -0.3 is 15.4 Å². The molecule has 2 atom stereocenters. The maximum Gasteiger partial charge on any atom is 0.167 e. The topological polar surface area (TPSA) is 76.9 Å². The van der Waals surface area contributed by atoms with Crippen LogP contribution in [0.25, 0.3) is 5.69 Å². The molecular weight excluding hydrogens is 442 g/mol. The van der Waals surface area contributed by atoms with E-state index in [1.54, 1.807) is 6.92 Å². The Morgan fingerprint density at radius 2 is 2.00 bits per heavy atom. The number of rotatable bonds is 6. The van der Waals surface area contributed by atoms with E-state index in [4.69, 9.17) is 4.74 Å². The van der Waals surface area contributed by atoms with Gasteiger partial charge in [0.1, 0.15) is 0 Å². The largest absolute Gasteiger partial charge is 0.493 e. The fraction of sp³-hybridized carbons (Fsp3) is 0.381. The lowest BCUT2D eigenvalue weighted by Gasteiger charge is -2.34. The van der Waals surface area contributed by atoms with Crippen LogP contribution in [-0.4, -0.2) is 39.9 Å². The molecule has 1 saturated heterocycles. The fourth-order valence-corrected chi connectivity index (χ4v) is 3.95. The summed E-state index contributed by atoms with van der Waals surface area (Å²) < 4.78 is 21.5. The van der Waals surface area contributed by atoms with Gasteiger partial charge in [0.25, 0.3) is 0 Å². The van der Waals surface area contributed by atoms with Crippen molar-refractivity contribution in [2.75, 3.05) is 13.7 Å². The molecule has 7 nitrogen and oxygen atoms in total. The molecule has 3 aromatic rings. The molecule has 31 heavy (non-hydrogen) atoms. The van der Waals surface area contributed by atoms with Crippen molar-refractivity contribution in [3.8, 4) is 11.4 Å². The lowest BCUT2D eigenvalue weighted by Crippen LogP contribution is -2.45. The molecular formula is C21H27Cl2FN6O. The number of aryl methyl sites for hydroxylation is 1. The highest BCUT2D eigenvalue weighted by Crippen LogP contribution is 2.28. The Hall–Kier alpha value is -2.26. The van der Waals surface area contributed by atoms with Gasteiger partial charge in [-0.2, -0.15) is 4.68 Å². The molecule has 0 aliphatic carbocycles. The zero-order chi connectivity index (χ0) is 20.2. The highest BCUT2D eigenvalue weighted by Gasteiger charge is 2.26. The first-order valence-corrected chi connectivity index (χ1v) is 9.81. The third-order valence-corrected chi connectivity index (χ3v) is 5.35. The summed E-state index contributed by atoms with van der Waals surface area (Å²) in [5.74, 6) is 0.402. The van der Waals surface area contributed by atoms with E-state index in [1.165, 1.54) is 23.4 Å². The molecule has 0 unspecified atom stereocenters. The first-order valence-electron chi connectivity index (χ1n) is 9.81. The molecule has 0 spiro atoms. The number of benzene rings is 2. The second kappa shape index (κ2) is 11.4. The molecule has 4 rings (SSSR count). The first kappa shape index (κ1) is 25.0. The zero-order valence-corrected chi connectivity index (χ0v) is 19.0. The molecule has 0 saturated carbocycles. The maximum absolute atomic E-state index is 14.7. The van der Waals surface area contributed by atoms with Crippen LogP contribution in [0.15, 0.2) is 42.5 Å². The number of piperidine rings is 1. The van der Waals surface area contributed by atoms with Crippen LogP contribution >= 0.6 is 24.8 Å².